The van der Waals surface area contributed by atoms with Crippen LogP contribution in [0.1, 0.15) is 41.6 Å². The largest absolute Gasteiger partial charge is 0.330 e. The van der Waals surface area contributed by atoms with Crippen LogP contribution in [0, 0.1) is 26.7 Å². The molecule has 0 bridgehead atoms. The van der Waals surface area contributed by atoms with Crippen LogP contribution in [0.3, 0.4) is 0 Å². The Bertz CT molecular complexity index is 358. The van der Waals surface area contributed by atoms with Gasteiger partial charge in [0.2, 0.25) is 0 Å². The molecule has 0 heterocycles. The number of hydrogen-bond donors (Lipinski definition) is 2. The van der Waals surface area contributed by atoms with E-state index in [0.29, 0.717) is 12.5 Å². The van der Waals surface area contributed by atoms with E-state index in [1.165, 1.54) is 22.3 Å². The molecule has 0 saturated carbocycles. The molecule has 0 aliphatic rings. The minimum atomic E-state index is 0.109. The SMILES string of the molecule is Cc1cc(C)c(C(N)CC(C)CN)cc1C. The van der Waals surface area contributed by atoms with Crippen molar-refractivity contribution >= 4 is 0 Å². The van der Waals surface area contributed by atoms with Crippen LogP contribution in [-0.2, 0) is 0 Å². The number of hydrogen-bond acceptors (Lipinski definition) is 2. The highest BCUT2D eigenvalue weighted by atomic mass is 14.6. The molecule has 0 saturated heterocycles. The van der Waals surface area contributed by atoms with Gasteiger partial charge in [-0.25, -0.2) is 0 Å². The zero-order valence-corrected chi connectivity index (χ0v) is 10.9. The lowest BCUT2D eigenvalue weighted by Gasteiger charge is -2.19. The fourth-order valence-corrected chi connectivity index (χ4v) is 2.04. The van der Waals surface area contributed by atoms with E-state index in [9.17, 15) is 0 Å². The summed E-state index contributed by atoms with van der Waals surface area (Å²) in [4.78, 5) is 0. The van der Waals surface area contributed by atoms with Gasteiger partial charge in [-0.1, -0.05) is 19.1 Å². The van der Waals surface area contributed by atoms with Crippen molar-refractivity contribution in [2.75, 3.05) is 6.54 Å². The molecule has 1 aromatic carbocycles. The second kappa shape index (κ2) is 5.46. The lowest BCUT2D eigenvalue weighted by Crippen LogP contribution is -2.20. The smallest absolute Gasteiger partial charge is 0.0300 e. The van der Waals surface area contributed by atoms with Crippen molar-refractivity contribution in [1.82, 2.24) is 0 Å². The van der Waals surface area contributed by atoms with Gasteiger partial charge in [0.05, 0.1) is 0 Å². The molecule has 2 atom stereocenters. The Morgan fingerprint density at radius 3 is 2.19 bits per heavy atom. The lowest BCUT2D eigenvalue weighted by molar-refractivity contribution is 0.481. The van der Waals surface area contributed by atoms with Crippen molar-refractivity contribution in [3.05, 3.63) is 34.4 Å². The van der Waals surface area contributed by atoms with Crippen molar-refractivity contribution < 1.29 is 0 Å². The van der Waals surface area contributed by atoms with Crippen molar-refractivity contribution in [3.8, 4) is 0 Å². The van der Waals surface area contributed by atoms with E-state index in [4.69, 9.17) is 11.5 Å². The maximum atomic E-state index is 6.24. The van der Waals surface area contributed by atoms with Gasteiger partial charge in [-0.15, -0.1) is 0 Å². The molecular formula is C14H24N2. The molecule has 2 nitrogen and oxygen atoms in total. The number of aryl methyl sites for hydroxylation is 3. The predicted octanol–water partition coefficient (Wildman–Crippen LogP) is 2.60. The third kappa shape index (κ3) is 3.06. The Morgan fingerprint density at radius 1 is 1.06 bits per heavy atom. The number of benzene rings is 1. The average Bonchev–Trinajstić information content (AvgIpc) is 2.23. The van der Waals surface area contributed by atoms with Gasteiger partial charge in [-0.05, 0) is 61.9 Å². The number of rotatable bonds is 4. The molecule has 0 aliphatic carbocycles. The van der Waals surface area contributed by atoms with Crippen LogP contribution in [0.15, 0.2) is 12.1 Å². The Morgan fingerprint density at radius 2 is 1.62 bits per heavy atom. The monoisotopic (exact) mass is 220 g/mol. The third-order valence-corrected chi connectivity index (χ3v) is 3.34. The Kier molecular flexibility index (Phi) is 4.51. The standard InChI is InChI=1S/C14H24N2/c1-9(8-15)5-14(16)13-7-11(3)10(2)6-12(13)4/h6-7,9,14H,5,8,15-16H2,1-4H3. The third-order valence-electron chi connectivity index (χ3n) is 3.34. The highest BCUT2D eigenvalue weighted by molar-refractivity contribution is 5.38. The van der Waals surface area contributed by atoms with Crippen LogP contribution in [0.25, 0.3) is 0 Å². The lowest BCUT2D eigenvalue weighted by atomic mass is 9.91. The zero-order chi connectivity index (χ0) is 12.3. The fourth-order valence-electron chi connectivity index (χ4n) is 2.04. The molecule has 0 aliphatic heterocycles. The summed E-state index contributed by atoms with van der Waals surface area (Å²) < 4.78 is 0. The van der Waals surface area contributed by atoms with Gasteiger partial charge in [0.15, 0.2) is 0 Å². The van der Waals surface area contributed by atoms with Crippen LogP contribution in [-0.4, -0.2) is 6.54 Å². The van der Waals surface area contributed by atoms with Crippen molar-refractivity contribution in [3.63, 3.8) is 0 Å². The van der Waals surface area contributed by atoms with Gasteiger partial charge < -0.3 is 11.5 Å². The van der Waals surface area contributed by atoms with E-state index < -0.39 is 0 Å². The van der Waals surface area contributed by atoms with E-state index in [0.717, 1.165) is 6.42 Å². The molecular weight excluding hydrogens is 196 g/mol. The molecule has 0 fully saturated rings. The summed E-state index contributed by atoms with van der Waals surface area (Å²) in [5.74, 6) is 0.482. The van der Waals surface area contributed by atoms with E-state index in [1.54, 1.807) is 0 Å². The summed E-state index contributed by atoms with van der Waals surface area (Å²) in [5.41, 5.74) is 17.1. The summed E-state index contributed by atoms with van der Waals surface area (Å²) in [5, 5.41) is 0. The molecule has 0 aromatic heterocycles. The molecule has 0 amide bonds. The van der Waals surface area contributed by atoms with Crippen molar-refractivity contribution in [2.24, 2.45) is 17.4 Å². The fraction of sp³-hybridized carbons (Fsp3) is 0.571. The zero-order valence-electron chi connectivity index (χ0n) is 10.9. The Labute approximate surface area is 99.0 Å². The molecule has 16 heavy (non-hydrogen) atoms. The van der Waals surface area contributed by atoms with Gasteiger partial charge >= 0.3 is 0 Å². The molecule has 90 valence electrons. The molecule has 1 rings (SSSR count). The van der Waals surface area contributed by atoms with Crippen LogP contribution < -0.4 is 11.5 Å². The first-order chi connectivity index (χ1) is 7.45. The van der Waals surface area contributed by atoms with Crippen LogP contribution in [0.4, 0.5) is 0 Å². The van der Waals surface area contributed by atoms with Gasteiger partial charge in [-0.3, -0.25) is 0 Å². The van der Waals surface area contributed by atoms with Gasteiger partial charge in [0.1, 0.15) is 0 Å². The van der Waals surface area contributed by atoms with Crippen molar-refractivity contribution in [2.45, 2.75) is 40.2 Å². The maximum Gasteiger partial charge on any atom is 0.0300 e. The number of nitrogens with two attached hydrogens (primary N) is 2. The Balaban J connectivity index is 2.91. The molecule has 1 aromatic rings. The van der Waals surface area contributed by atoms with Crippen LogP contribution in [0.5, 0.6) is 0 Å². The minimum Gasteiger partial charge on any atom is -0.330 e. The molecule has 2 heteroatoms. The average molecular weight is 220 g/mol. The van der Waals surface area contributed by atoms with Gasteiger partial charge in [-0.2, -0.15) is 0 Å². The molecule has 2 unspecified atom stereocenters. The first kappa shape index (κ1) is 13.2. The van der Waals surface area contributed by atoms with Crippen LogP contribution >= 0.6 is 0 Å². The van der Waals surface area contributed by atoms with Gasteiger partial charge in [0.25, 0.3) is 0 Å². The molecule has 4 N–H and O–H groups in total. The summed E-state index contributed by atoms with van der Waals surface area (Å²) in [6.45, 7) is 9.26. The minimum absolute atomic E-state index is 0.109. The van der Waals surface area contributed by atoms with E-state index >= 15 is 0 Å². The first-order valence-electron chi connectivity index (χ1n) is 5.99. The van der Waals surface area contributed by atoms with Crippen molar-refractivity contribution in [1.29, 1.82) is 0 Å². The quantitative estimate of drug-likeness (QED) is 0.819. The predicted molar refractivity (Wildman–Crippen MR) is 70.4 cm³/mol. The summed E-state index contributed by atoms with van der Waals surface area (Å²) in [6, 6.07) is 4.55. The first-order valence-corrected chi connectivity index (χ1v) is 5.99. The van der Waals surface area contributed by atoms with Crippen LogP contribution in [0.2, 0.25) is 0 Å². The van der Waals surface area contributed by atoms with Gasteiger partial charge in [0, 0.05) is 6.04 Å². The summed E-state index contributed by atoms with van der Waals surface area (Å²) >= 11 is 0. The van der Waals surface area contributed by atoms with E-state index in [2.05, 4.69) is 39.8 Å². The Hall–Kier alpha value is -0.860. The van der Waals surface area contributed by atoms with E-state index in [-0.39, 0.29) is 6.04 Å². The molecule has 0 spiro atoms. The maximum absolute atomic E-state index is 6.24. The topological polar surface area (TPSA) is 52.0 Å². The second-order valence-corrected chi connectivity index (χ2v) is 4.98. The van der Waals surface area contributed by atoms with E-state index in [1.807, 2.05) is 0 Å². The summed E-state index contributed by atoms with van der Waals surface area (Å²) in [6.07, 6.45) is 0.958. The normalized spacial score (nSPS) is 14.9. The molecule has 0 radical (unpaired) electrons. The highest BCUT2D eigenvalue weighted by Crippen LogP contribution is 2.24. The second-order valence-electron chi connectivity index (χ2n) is 4.98. The highest BCUT2D eigenvalue weighted by Gasteiger charge is 2.13. The summed E-state index contributed by atoms with van der Waals surface area (Å²) in [7, 11) is 0.